The van der Waals surface area contributed by atoms with Crippen LogP contribution in [-0.2, 0) is 12.8 Å². The Bertz CT molecular complexity index is 890. The number of hydrogen-bond acceptors (Lipinski definition) is 1. The molecule has 3 unspecified atom stereocenters. The molecule has 3 aliphatic carbocycles. The zero-order chi connectivity index (χ0) is 17.0. The van der Waals surface area contributed by atoms with Crippen LogP contribution in [0.4, 0.5) is 0 Å². The number of unbranched alkanes of at least 4 members (excludes halogenated alkanes) is 1. The minimum absolute atomic E-state index is 0.0834. The molecule has 128 valence electrons. The molecule has 3 atom stereocenters. The number of Topliss-reactive ketones (excluding diaryl/α,β-unsaturated/α-hetero) is 1. The number of fused-ring (bicyclic) bond motifs is 5. The number of hydrogen-bond donors (Lipinski definition) is 0. The Labute approximate surface area is 150 Å². The van der Waals surface area contributed by atoms with Crippen LogP contribution in [0, 0.1) is 17.3 Å². The van der Waals surface area contributed by atoms with Gasteiger partial charge in [-0.1, -0.05) is 49.8 Å². The van der Waals surface area contributed by atoms with Gasteiger partial charge in [-0.05, 0) is 78.3 Å². The fourth-order valence-corrected chi connectivity index (χ4v) is 5.59. The van der Waals surface area contributed by atoms with Crippen LogP contribution in [0.15, 0.2) is 42.5 Å². The van der Waals surface area contributed by atoms with Crippen molar-refractivity contribution in [3.63, 3.8) is 0 Å². The highest BCUT2D eigenvalue weighted by atomic mass is 16.1. The lowest BCUT2D eigenvalue weighted by Gasteiger charge is -2.38. The lowest BCUT2D eigenvalue weighted by molar-refractivity contribution is 0.0703. The molecule has 0 aromatic heterocycles. The van der Waals surface area contributed by atoms with E-state index in [4.69, 9.17) is 0 Å². The molecule has 2 aromatic rings. The molecule has 1 heteroatoms. The second-order valence-electron chi connectivity index (χ2n) is 8.47. The van der Waals surface area contributed by atoms with Crippen molar-refractivity contribution < 1.29 is 4.79 Å². The normalized spacial score (nSPS) is 29.7. The number of rotatable bonds is 3. The van der Waals surface area contributed by atoms with Crippen molar-refractivity contribution in [3.05, 3.63) is 59.2 Å². The third-order valence-electron chi connectivity index (χ3n) is 6.99. The number of aryl methyl sites for hydroxylation is 2. The fourth-order valence-electron chi connectivity index (χ4n) is 5.59. The molecule has 1 spiro atoms. The summed E-state index contributed by atoms with van der Waals surface area (Å²) in [5.74, 6) is 1.58. The minimum Gasteiger partial charge on any atom is -0.294 e. The van der Waals surface area contributed by atoms with Crippen LogP contribution in [0.25, 0.3) is 10.8 Å². The summed E-state index contributed by atoms with van der Waals surface area (Å²) in [6.07, 6.45) is 12.7. The van der Waals surface area contributed by atoms with Gasteiger partial charge in [0.1, 0.15) is 0 Å². The molecule has 0 aliphatic heterocycles. The zero-order valence-corrected chi connectivity index (χ0v) is 15.1. The van der Waals surface area contributed by atoms with Gasteiger partial charge in [-0.25, -0.2) is 0 Å². The average molecular weight is 330 g/mol. The molecule has 25 heavy (non-hydrogen) atoms. The first-order valence-corrected chi connectivity index (χ1v) is 9.98. The maximum Gasteiger partial charge on any atom is 0.169 e. The molecular formula is C24H26O. The van der Waals surface area contributed by atoms with Crippen molar-refractivity contribution in [2.45, 2.75) is 51.9 Å². The Hall–Kier alpha value is -1.89. The number of ketones is 1. The summed E-state index contributed by atoms with van der Waals surface area (Å²) in [6.45, 7) is 2.24. The molecule has 3 aliphatic rings. The average Bonchev–Trinajstić information content (AvgIpc) is 3.24. The largest absolute Gasteiger partial charge is 0.294 e. The third kappa shape index (κ3) is 2.25. The van der Waals surface area contributed by atoms with Gasteiger partial charge in [-0.2, -0.15) is 0 Å². The van der Waals surface area contributed by atoms with Crippen LogP contribution in [-0.4, -0.2) is 5.78 Å². The monoisotopic (exact) mass is 330 g/mol. The molecule has 0 amide bonds. The van der Waals surface area contributed by atoms with E-state index in [9.17, 15) is 4.79 Å². The van der Waals surface area contributed by atoms with Crippen LogP contribution in [0.1, 0.15) is 60.5 Å². The third-order valence-corrected chi connectivity index (χ3v) is 6.99. The second-order valence-corrected chi connectivity index (χ2v) is 8.47. The summed E-state index contributed by atoms with van der Waals surface area (Å²) >= 11 is 0. The van der Waals surface area contributed by atoms with E-state index in [1.54, 1.807) is 0 Å². The Morgan fingerprint density at radius 2 is 2.04 bits per heavy atom. The summed E-state index contributed by atoms with van der Waals surface area (Å²) in [5, 5.41) is 2.53. The van der Waals surface area contributed by atoms with Crippen molar-refractivity contribution in [2.75, 3.05) is 0 Å². The Kier molecular flexibility index (Phi) is 3.42. The summed E-state index contributed by atoms with van der Waals surface area (Å²) in [4.78, 5) is 13.5. The highest BCUT2D eigenvalue weighted by molar-refractivity contribution is 6.06. The van der Waals surface area contributed by atoms with Crippen molar-refractivity contribution in [1.29, 1.82) is 0 Å². The van der Waals surface area contributed by atoms with E-state index in [2.05, 4.69) is 49.4 Å². The van der Waals surface area contributed by atoms with Crippen LogP contribution >= 0.6 is 0 Å². The molecule has 0 saturated heterocycles. The highest BCUT2D eigenvalue weighted by Gasteiger charge is 2.54. The van der Waals surface area contributed by atoms with Gasteiger partial charge in [0.2, 0.25) is 0 Å². The van der Waals surface area contributed by atoms with Crippen molar-refractivity contribution in [1.82, 2.24) is 0 Å². The molecule has 5 rings (SSSR count). The topological polar surface area (TPSA) is 17.1 Å². The van der Waals surface area contributed by atoms with Gasteiger partial charge < -0.3 is 0 Å². The number of allylic oxidation sites excluding steroid dienone is 2. The van der Waals surface area contributed by atoms with Crippen LogP contribution in [0.5, 0.6) is 0 Å². The Morgan fingerprint density at radius 3 is 2.80 bits per heavy atom. The van der Waals surface area contributed by atoms with Gasteiger partial charge in [0.05, 0.1) is 0 Å². The Balaban J connectivity index is 1.56. The lowest BCUT2D eigenvalue weighted by Crippen LogP contribution is -2.39. The first-order chi connectivity index (χ1) is 12.2. The molecule has 1 nitrogen and oxygen atoms in total. The first kappa shape index (κ1) is 15.4. The van der Waals surface area contributed by atoms with Crippen LogP contribution < -0.4 is 0 Å². The molecule has 0 radical (unpaired) electrons. The zero-order valence-electron chi connectivity index (χ0n) is 15.1. The van der Waals surface area contributed by atoms with E-state index >= 15 is 0 Å². The lowest BCUT2D eigenvalue weighted by atomic mass is 9.63. The summed E-state index contributed by atoms with van der Waals surface area (Å²) in [6, 6.07) is 11.3. The fraction of sp³-hybridized carbons (Fsp3) is 0.458. The van der Waals surface area contributed by atoms with Gasteiger partial charge in [0.15, 0.2) is 5.78 Å². The molecule has 1 fully saturated rings. The minimum atomic E-state index is -0.0834. The molecule has 2 aromatic carbocycles. The van der Waals surface area contributed by atoms with Crippen LogP contribution in [0.3, 0.4) is 0 Å². The molecular weight excluding hydrogens is 304 g/mol. The van der Waals surface area contributed by atoms with Crippen molar-refractivity contribution in [3.8, 4) is 0 Å². The van der Waals surface area contributed by atoms with Gasteiger partial charge in [0.25, 0.3) is 0 Å². The number of carbonyl (C=O) groups is 1. The quantitative estimate of drug-likeness (QED) is 0.641. The maximum atomic E-state index is 13.5. The maximum absolute atomic E-state index is 13.5. The SMILES string of the molecule is CCCCc1ccc2cc3c(cc2c1)C(=O)C1(CC3)CC2C=CC1C2. The van der Waals surface area contributed by atoms with E-state index in [0.29, 0.717) is 17.6 Å². The predicted molar refractivity (Wildman–Crippen MR) is 103 cm³/mol. The smallest absolute Gasteiger partial charge is 0.169 e. The highest BCUT2D eigenvalue weighted by Crippen LogP contribution is 2.57. The van der Waals surface area contributed by atoms with Gasteiger partial charge >= 0.3 is 0 Å². The van der Waals surface area contributed by atoms with Crippen molar-refractivity contribution >= 4 is 16.6 Å². The molecule has 0 N–H and O–H groups in total. The van der Waals surface area contributed by atoms with Gasteiger partial charge in [-0.3, -0.25) is 4.79 Å². The van der Waals surface area contributed by atoms with E-state index in [1.165, 1.54) is 41.2 Å². The predicted octanol–water partition coefficient (Wildman–Crippen LogP) is 5.89. The summed E-state index contributed by atoms with van der Waals surface area (Å²) in [5.41, 5.74) is 3.61. The van der Waals surface area contributed by atoms with Gasteiger partial charge in [-0.15, -0.1) is 0 Å². The second kappa shape index (κ2) is 5.56. The van der Waals surface area contributed by atoms with E-state index in [-0.39, 0.29) is 5.41 Å². The van der Waals surface area contributed by atoms with Crippen molar-refractivity contribution in [2.24, 2.45) is 17.3 Å². The Morgan fingerprint density at radius 1 is 1.12 bits per heavy atom. The first-order valence-electron chi connectivity index (χ1n) is 9.98. The van der Waals surface area contributed by atoms with Gasteiger partial charge in [0, 0.05) is 11.0 Å². The molecule has 0 heterocycles. The van der Waals surface area contributed by atoms with Crippen LogP contribution in [0.2, 0.25) is 0 Å². The summed E-state index contributed by atoms with van der Waals surface area (Å²) < 4.78 is 0. The standard InChI is InChI=1S/C24H26O/c1-2-3-4-16-5-7-18-13-19-9-10-24(15-17-6-8-21(24)12-17)23(25)22(19)14-20(18)11-16/h5-8,11,13-14,17,21H,2-4,9-10,12,15H2,1H3. The number of carbonyl (C=O) groups excluding carboxylic acids is 1. The summed E-state index contributed by atoms with van der Waals surface area (Å²) in [7, 11) is 0. The van der Waals surface area contributed by atoms with E-state index in [0.717, 1.165) is 31.2 Å². The molecule has 2 bridgehead atoms. The number of benzene rings is 2. The van der Waals surface area contributed by atoms with E-state index in [1.807, 2.05) is 0 Å². The molecule has 1 saturated carbocycles. The van der Waals surface area contributed by atoms with E-state index < -0.39 is 0 Å².